The van der Waals surface area contributed by atoms with E-state index in [1.807, 2.05) is 49.4 Å². The predicted molar refractivity (Wildman–Crippen MR) is 88.2 cm³/mol. The molecule has 1 aromatic heterocycles. The summed E-state index contributed by atoms with van der Waals surface area (Å²) in [6.45, 7) is 3.41. The number of fused-ring (bicyclic) bond motifs is 1. The number of aromatic nitrogens is 1. The summed E-state index contributed by atoms with van der Waals surface area (Å²) >= 11 is 0. The molecule has 5 nitrogen and oxygen atoms in total. The number of para-hydroxylation sites is 1. The molecule has 0 aliphatic heterocycles. The van der Waals surface area contributed by atoms with Gasteiger partial charge in [-0.3, -0.25) is 4.79 Å². The number of carbonyl (C=O) groups is 1. The van der Waals surface area contributed by atoms with E-state index in [9.17, 15) is 9.70 Å². The van der Waals surface area contributed by atoms with Crippen LogP contribution in [-0.2, 0) is 4.79 Å². The molecular formula is C17H15N3O2. The number of nitroso groups, excluding NO2 is 1. The predicted octanol–water partition coefficient (Wildman–Crippen LogP) is 4.50. The largest absolute Gasteiger partial charge is 0.353 e. The van der Waals surface area contributed by atoms with Crippen molar-refractivity contribution in [3.05, 3.63) is 52.9 Å². The molecule has 110 valence electrons. The summed E-state index contributed by atoms with van der Waals surface area (Å²) in [4.78, 5) is 26.0. The highest BCUT2D eigenvalue weighted by molar-refractivity contribution is 6.03. The highest BCUT2D eigenvalue weighted by Gasteiger charge is 2.17. The summed E-state index contributed by atoms with van der Waals surface area (Å²) in [5.41, 5.74) is 4.23. The zero-order valence-corrected chi connectivity index (χ0v) is 12.3. The van der Waals surface area contributed by atoms with Gasteiger partial charge in [-0.2, -0.15) is 0 Å². The molecule has 1 amide bonds. The monoisotopic (exact) mass is 293 g/mol. The zero-order valence-electron chi connectivity index (χ0n) is 12.3. The topological polar surface area (TPSA) is 74.3 Å². The molecule has 0 atom stereocenters. The number of anilines is 1. The second-order valence-electron chi connectivity index (χ2n) is 5.22. The van der Waals surface area contributed by atoms with E-state index < -0.39 is 0 Å². The first-order valence-corrected chi connectivity index (χ1v) is 6.93. The van der Waals surface area contributed by atoms with Crippen molar-refractivity contribution >= 4 is 28.2 Å². The van der Waals surface area contributed by atoms with Crippen molar-refractivity contribution in [1.82, 2.24) is 4.98 Å². The number of H-pyrrole nitrogens is 1. The molecule has 0 spiro atoms. The number of hydrogen-bond donors (Lipinski definition) is 2. The molecule has 0 aliphatic carbocycles. The Balaban J connectivity index is 2.29. The van der Waals surface area contributed by atoms with Gasteiger partial charge in [0.1, 0.15) is 5.69 Å². The lowest BCUT2D eigenvalue weighted by atomic mass is 10.0. The highest BCUT2D eigenvalue weighted by atomic mass is 16.3. The molecule has 22 heavy (non-hydrogen) atoms. The second kappa shape index (κ2) is 5.44. The van der Waals surface area contributed by atoms with Crippen LogP contribution in [-0.4, -0.2) is 10.9 Å². The first kappa shape index (κ1) is 14.0. The van der Waals surface area contributed by atoms with Gasteiger partial charge < -0.3 is 10.3 Å². The van der Waals surface area contributed by atoms with Crippen LogP contribution in [0, 0.1) is 11.8 Å². The van der Waals surface area contributed by atoms with Gasteiger partial charge in [-0.15, -0.1) is 4.91 Å². The van der Waals surface area contributed by atoms with Gasteiger partial charge in [0.25, 0.3) is 0 Å². The lowest BCUT2D eigenvalue weighted by Crippen LogP contribution is -2.07. The van der Waals surface area contributed by atoms with Gasteiger partial charge in [-0.1, -0.05) is 29.8 Å². The third kappa shape index (κ3) is 2.37. The minimum Gasteiger partial charge on any atom is -0.353 e. The number of aryl methyl sites for hydroxylation is 1. The van der Waals surface area contributed by atoms with E-state index in [4.69, 9.17) is 0 Å². The van der Waals surface area contributed by atoms with E-state index in [0.29, 0.717) is 17.1 Å². The van der Waals surface area contributed by atoms with E-state index >= 15 is 0 Å². The number of nitrogens with one attached hydrogen (secondary N) is 2. The van der Waals surface area contributed by atoms with Crippen LogP contribution in [0.3, 0.4) is 0 Å². The highest BCUT2D eigenvalue weighted by Crippen LogP contribution is 2.40. The molecule has 0 fully saturated rings. The smallest absolute Gasteiger partial charge is 0.221 e. The van der Waals surface area contributed by atoms with Gasteiger partial charge in [-0.05, 0) is 30.3 Å². The van der Waals surface area contributed by atoms with Crippen LogP contribution in [0.4, 0.5) is 11.4 Å². The Morgan fingerprint density at radius 2 is 1.95 bits per heavy atom. The molecule has 3 aromatic rings. The quantitative estimate of drug-likeness (QED) is 0.698. The maximum atomic E-state index is 11.4. The van der Waals surface area contributed by atoms with Crippen LogP contribution < -0.4 is 5.32 Å². The fourth-order valence-electron chi connectivity index (χ4n) is 2.58. The molecule has 0 unspecified atom stereocenters. The lowest BCUT2D eigenvalue weighted by molar-refractivity contribution is -0.114. The first-order chi connectivity index (χ1) is 10.6. The fraction of sp³-hybridized carbons (Fsp3) is 0.118. The minimum absolute atomic E-state index is 0.165. The van der Waals surface area contributed by atoms with Gasteiger partial charge in [0.2, 0.25) is 5.91 Å². The van der Waals surface area contributed by atoms with Crippen LogP contribution in [0.25, 0.3) is 22.2 Å². The second-order valence-corrected chi connectivity index (χ2v) is 5.22. The SMILES string of the molecule is CC(=O)Nc1ccc(C)cc1-c1[nH]c2ccccc2c1N=O. The van der Waals surface area contributed by atoms with Gasteiger partial charge in [0.15, 0.2) is 0 Å². The molecule has 1 heterocycles. The Labute approximate surface area is 127 Å². The molecule has 0 aliphatic rings. The summed E-state index contributed by atoms with van der Waals surface area (Å²) in [6, 6.07) is 13.1. The number of rotatable bonds is 3. The van der Waals surface area contributed by atoms with Crippen molar-refractivity contribution in [2.75, 3.05) is 5.32 Å². The van der Waals surface area contributed by atoms with E-state index in [0.717, 1.165) is 22.0 Å². The maximum absolute atomic E-state index is 11.4. The number of hydrogen-bond acceptors (Lipinski definition) is 3. The van der Waals surface area contributed by atoms with E-state index in [1.54, 1.807) is 0 Å². The summed E-state index contributed by atoms with van der Waals surface area (Å²) in [5, 5.41) is 6.75. The molecule has 0 bridgehead atoms. The van der Waals surface area contributed by atoms with Crippen LogP contribution in [0.15, 0.2) is 47.6 Å². The number of benzene rings is 2. The zero-order chi connectivity index (χ0) is 15.7. The van der Waals surface area contributed by atoms with Crippen LogP contribution >= 0.6 is 0 Å². The molecule has 5 heteroatoms. The molecule has 0 saturated heterocycles. The van der Waals surface area contributed by atoms with Gasteiger partial charge in [0, 0.05) is 23.4 Å². The van der Waals surface area contributed by atoms with E-state index in [-0.39, 0.29) is 5.91 Å². The van der Waals surface area contributed by atoms with Crippen molar-refractivity contribution < 1.29 is 4.79 Å². The Hall–Kier alpha value is -2.95. The number of aromatic amines is 1. The van der Waals surface area contributed by atoms with Crippen LogP contribution in [0.5, 0.6) is 0 Å². The van der Waals surface area contributed by atoms with Crippen LogP contribution in [0.2, 0.25) is 0 Å². The Morgan fingerprint density at radius 1 is 1.18 bits per heavy atom. The standard InChI is InChI=1S/C17H15N3O2/c1-10-7-8-15(18-11(2)21)13(9-10)16-17(20-22)12-5-3-4-6-14(12)19-16/h3-9,19H,1-2H3,(H,18,21). The van der Waals surface area contributed by atoms with E-state index in [2.05, 4.69) is 15.5 Å². The van der Waals surface area contributed by atoms with Gasteiger partial charge >= 0.3 is 0 Å². The molecule has 2 aromatic carbocycles. The number of nitrogens with zero attached hydrogens (tertiary/aromatic N) is 1. The van der Waals surface area contributed by atoms with Crippen molar-refractivity contribution in [1.29, 1.82) is 0 Å². The molecule has 0 saturated carbocycles. The number of amides is 1. The summed E-state index contributed by atoms with van der Waals surface area (Å²) < 4.78 is 0. The Morgan fingerprint density at radius 3 is 2.68 bits per heavy atom. The van der Waals surface area contributed by atoms with Gasteiger partial charge in [0.05, 0.1) is 11.4 Å². The van der Waals surface area contributed by atoms with Crippen LogP contribution in [0.1, 0.15) is 12.5 Å². The van der Waals surface area contributed by atoms with Gasteiger partial charge in [-0.25, -0.2) is 0 Å². The normalized spacial score (nSPS) is 10.6. The first-order valence-electron chi connectivity index (χ1n) is 6.93. The minimum atomic E-state index is -0.165. The van der Waals surface area contributed by atoms with Crippen molar-refractivity contribution in [2.45, 2.75) is 13.8 Å². The average Bonchev–Trinajstić information content (AvgIpc) is 2.87. The van der Waals surface area contributed by atoms with Crippen molar-refractivity contribution in [3.8, 4) is 11.3 Å². The molecule has 3 rings (SSSR count). The van der Waals surface area contributed by atoms with E-state index in [1.165, 1.54) is 6.92 Å². The summed E-state index contributed by atoms with van der Waals surface area (Å²) in [6.07, 6.45) is 0. The number of carbonyl (C=O) groups excluding carboxylic acids is 1. The molecule has 2 N–H and O–H groups in total. The molecular weight excluding hydrogens is 278 g/mol. The summed E-state index contributed by atoms with van der Waals surface area (Å²) in [7, 11) is 0. The summed E-state index contributed by atoms with van der Waals surface area (Å²) in [5.74, 6) is -0.165. The third-order valence-corrected chi connectivity index (χ3v) is 3.53. The fourth-order valence-corrected chi connectivity index (χ4v) is 2.58. The Kier molecular flexibility index (Phi) is 3.47. The average molecular weight is 293 g/mol. The van der Waals surface area contributed by atoms with Crippen molar-refractivity contribution in [2.24, 2.45) is 5.18 Å². The third-order valence-electron chi connectivity index (χ3n) is 3.53. The maximum Gasteiger partial charge on any atom is 0.221 e. The Bertz CT molecular complexity index is 881. The lowest BCUT2D eigenvalue weighted by Gasteiger charge is -2.10. The molecule has 0 radical (unpaired) electrons. The van der Waals surface area contributed by atoms with Crippen molar-refractivity contribution in [3.63, 3.8) is 0 Å².